The molecule has 16 heavy (non-hydrogen) atoms. The van der Waals surface area contributed by atoms with Crippen LogP contribution in [0.25, 0.3) is 0 Å². The van der Waals surface area contributed by atoms with E-state index in [1.165, 1.54) is 0 Å². The van der Waals surface area contributed by atoms with Crippen LogP contribution in [0.2, 0.25) is 0 Å². The Morgan fingerprint density at radius 1 is 1.38 bits per heavy atom. The van der Waals surface area contributed by atoms with Gasteiger partial charge in [-0.1, -0.05) is 30.3 Å². The fraction of sp³-hybridized carbons (Fsp3) is 0.417. The number of nitrogens with zero attached hydrogens (tertiary/aromatic N) is 1. The summed E-state index contributed by atoms with van der Waals surface area (Å²) in [4.78, 5) is 13.2. The van der Waals surface area contributed by atoms with Crippen LogP contribution in [0.5, 0.6) is 0 Å². The van der Waals surface area contributed by atoms with E-state index in [9.17, 15) is 9.18 Å². The number of alkyl halides is 1. The molecular formula is C12H14FNO2. The smallest absolute Gasteiger partial charge is 0.249 e. The normalized spacial score (nSPS) is 21.2. The molecule has 1 aromatic carbocycles. The number of amides is 1. The van der Waals surface area contributed by atoms with Crippen LogP contribution in [-0.4, -0.2) is 36.7 Å². The number of rotatable bonds is 3. The van der Waals surface area contributed by atoms with Crippen LogP contribution in [0.3, 0.4) is 0 Å². The molecule has 0 spiro atoms. The molecule has 2 rings (SSSR count). The van der Waals surface area contributed by atoms with E-state index in [4.69, 9.17) is 4.74 Å². The summed E-state index contributed by atoms with van der Waals surface area (Å²) in [7, 11) is 0. The standard InChI is InChI=1S/C12H14FNO2/c13-6-11-8-16-9-12(15)14(11)7-10-4-2-1-3-5-10/h1-5,11H,6-9H2. The van der Waals surface area contributed by atoms with Gasteiger partial charge in [-0.05, 0) is 5.56 Å². The number of hydrogen-bond donors (Lipinski definition) is 0. The Kier molecular flexibility index (Phi) is 3.51. The van der Waals surface area contributed by atoms with Crippen molar-refractivity contribution in [1.82, 2.24) is 4.90 Å². The van der Waals surface area contributed by atoms with Crippen LogP contribution in [0, 0.1) is 0 Å². The van der Waals surface area contributed by atoms with Gasteiger partial charge < -0.3 is 9.64 Å². The highest BCUT2D eigenvalue weighted by Crippen LogP contribution is 2.13. The van der Waals surface area contributed by atoms with Crippen molar-refractivity contribution in [2.45, 2.75) is 12.6 Å². The van der Waals surface area contributed by atoms with Crippen molar-refractivity contribution in [2.24, 2.45) is 0 Å². The second kappa shape index (κ2) is 5.07. The van der Waals surface area contributed by atoms with Gasteiger partial charge in [0.2, 0.25) is 5.91 Å². The summed E-state index contributed by atoms with van der Waals surface area (Å²) in [6.45, 7) is 0.245. The maximum atomic E-state index is 12.7. The predicted octanol–water partition coefficient (Wildman–Crippen LogP) is 1.38. The van der Waals surface area contributed by atoms with E-state index in [0.29, 0.717) is 6.54 Å². The van der Waals surface area contributed by atoms with Crippen molar-refractivity contribution in [2.75, 3.05) is 19.9 Å². The topological polar surface area (TPSA) is 29.5 Å². The third kappa shape index (κ3) is 2.39. The molecule has 1 unspecified atom stereocenters. The fourth-order valence-corrected chi connectivity index (χ4v) is 1.78. The number of carbonyl (C=O) groups is 1. The Labute approximate surface area is 93.8 Å². The molecule has 0 bridgehead atoms. The van der Waals surface area contributed by atoms with Crippen LogP contribution >= 0.6 is 0 Å². The third-order valence-electron chi connectivity index (χ3n) is 2.67. The summed E-state index contributed by atoms with van der Waals surface area (Å²) < 4.78 is 17.8. The van der Waals surface area contributed by atoms with E-state index in [1.54, 1.807) is 4.90 Å². The van der Waals surface area contributed by atoms with Crippen molar-refractivity contribution in [1.29, 1.82) is 0 Å². The molecule has 0 aliphatic carbocycles. The molecule has 3 nitrogen and oxygen atoms in total. The molecule has 4 heteroatoms. The van der Waals surface area contributed by atoms with Gasteiger partial charge in [-0.3, -0.25) is 4.79 Å². The minimum absolute atomic E-state index is 0.0589. The zero-order chi connectivity index (χ0) is 11.4. The summed E-state index contributed by atoms with van der Waals surface area (Å²) in [6, 6.07) is 9.14. The van der Waals surface area contributed by atoms with Crippen LogP contribution in [0.4, 0.5) is 4.39 Å². The van der Waals surface area contributed by atoms with Crippen LogP contribution < -0.4 is 0 Å². The molecule has 1 aliphatic rings. The number of carbonyl (C=O) groups excluding carboxylic acids is 1. The van der Waals surface area contributed by atoms with Crippen molar-refractivity contribution < 1.29 is 13.9 Å². The maximum absolute atomic E-state index is 12.7. The summed E-state index contributed by atoms with van der Waals surface area (Å²) in [5.74, 6) is -0.141. The van der Waals surface area contributed by atoms with Crippen LogP contribution in [0.15, 0.2) is 30.3 Å². The van der Waals surface area contributed by atoms with Gasteiger partial charge in [-0.25, -0.2) is 4.39 Å². The Balaban J connectivity index is 2.08. The van der Waals surface area contributed by atoms with Crippen LogP contribution in [-0.2, 0) is 16.1 Å². The second-order valence-electron chi connectivity index (χ2n) is 3.83. The summed E-state index contributed by atoms with van der Waals surface area (Å²) in [5.41, 5.74) is 1.01. The predicted molar refractivity (Wildman–Crippen MR) is 57.6 cm³/mol. The molecule has 1 amide bonds. The molecule has 0 N–H and O–H groups in total. The second-order valence-corrected chi connectivity index (χ2v) is 3.83. The van der Waals surface area contributed by atoms with Crippen molar-refractivity contribution in [3.8, 4) is 0 Å². The van der Waals surface area contributed by atoms with Gasteiger partial charge in [0, 0.05) is 6.54 Å². The van der Waals surface area contributed by atoms with Gasteiger partial charge in [0.25, 0.3) is 0 Å². The minimum Gasteiger partial charge on any atom is -0.369 e. The Bertz CT molecular complexity index is 355. The van der Waals surface area contributed by atoms with Crippen molar-refractivity contribution >= 4 is 5.91 Å². The van der Waals surface area contributed by atoms with E-state index >= 15 is 0 Å². The number of halogens is 1. The molecule has 1 aromatic rings. The lowest BCUT2D eigenvalue weighted by atomic mass is 10.1. The van der Waals surface area contributed by atoms with Gasteiger partial charge in [0.15, 0.2) is 0 Å². The van der Waals surface area contributed by atoms with Crippen molar-refractivity contribution in [3.05, 3.63) is 35.9 Å². The molecule has 0 saturated carbocycles. The van der Waals surface area contributed by atoms with Gasteiger partial charge >= 0.3 is 0 Å². The molecule has 1 heterocycles. The Morgan fingerprint density at radius 2 is 2.12 bits per heavy atom. The average molecular weight is 223 g/mol. The summed E-state index contributed by atoms with van der Waals surface area (Å²) in [5, 5.41) is 0. The lowest BCUT2D eigenvalue weighted by Crippen LogP contribution is -2.49. The number of ether oxygens (including phenoxy) is 1. The van der Waals surface area contributed by atoms with E-state index < -0.39 is 12.7 Å². The molecule has 0 radical (unpaired) electrons. The first kappa shape index (κ1) is 11.1. The average Bonchev–Trinajstić information content (AvgIpc) is 2.33. The highest BCUT2D eigenvalue weighted by Gasteiger charge is 2.28. The van der Waals surface area contributed by atoms with Gasteiger partial charge in [-0.15, -0.1) is 0 Å². The van der Waals surface area contributed by atoms with E-state index in [-0.39, 0.29) is 19.1 Å². The number of benzene rings is 1. The highest BCUT2D eigenvalue weighted by molar-refractivity contribution is 5.78. The molecular weight excluding hydrogens is 209 g/mol. The van der Waals surface area contributed by atoms with Gasteiger partial charge in [0.05, 0.1) is 12.6 Å². The first-order valence-electron chi connectivity index (χ1n) is 5.28. The first-order valence-corrected chi connectivity index (χ1v) is 5.28. The van der Waals surface area contributed by atoms with Gasteiger partial charge in [0.1, 0.15) is 13.3 Å². The first-order chi connectivity index (χ1) is 7.81. The van der Waals surface area contributed by atoms with E-state index in [0.717, 1.165) is 5.56 Å². The lowest BCUT2D eigenvalue weighted by Gasteiger charge is -2.33. The minimum atomic E-state index is -0.557. The zero-order valence-electron chi connectivity index (χ0n) is 8.93. The highest BCUT2D eigenvalue weighted by atomic mass is 19.1. The third-order valence-corrected chi connectivity index (χ3v) is 2.67. The monoisotopic (exact) mass is 223 g/mol. The van der Waals surface area contributed by atoms with E-state index in [2.05, 4.69) is 0 Å². The Hall–Kier alpha value is -1.42. The van der Waals surface area contributed by atoms with Gasteiger partial charge in [-0.2, -0.15) is 0 Å². The molecule has 1 fully saturated rings. The number of hydrogen-bond acceptors (Lipinski definition) is 2. The number of morpholine rings is 1. The summed E-state index contributed by atoms with van der Waals surface area (Å²) in [6.07, 6.45) is 0. The zero-order valence-corrected chi connectivity index (χ0v) is 8.93. The molecule has 86 valence electrons. The van der Waals surface area contributed by atoms with E-state index in [1.807, 2.05) is 30.3 Å². The fourth-order valence-electron chi connectivity index (χ4n) is 1.78. The Morgan fingerprint density at radius 3 is 2.81 bits per heavy atom. The lowest BCUT2D eigenvalue weighted by molar-refractivity contribution is -0.149. The van der Waals surface area contributed by atoms with Crippen molar-refractivity contribution in [3.63, 3.8) is 0 Å². The molecule has 1 atom stereocenters. The summed E-state index contributed by atoms with van der Waals surface area (Å²) >= 11 is 0. The molecule has 1 aliphatic heterocycles. The maximum Gasteiger partial charge on any atom is 0.249 e. The largest absolute Gasteiger partial charge is 0.369 e. The quantitative estimate of drug-likeness (QED) is 0.774. The van der Waals surface area contributed by atoms with Crippen LogP contribution in [0.1, 0.15) is 5.56 Å². The molecule has 0 aromatic heterocycles. The molecule has 1 saturated heterocycles. The SMILES string of the molecule is O=C1COCC(CF)N1Cc1ccccc1.